The predicted octanol–water partition coefficient (Wildman–Crippen LogP) is 3.49. The normalized spacial score (nSPS) is 10.6. The van der Waals surface area contributed by atoms with Crippen LogP contribution < -0.4 is 10.2 Å². The van der Waals surface area contributed by atoms with Crippen molar-refractivity contribution in [1.29, 1.82) is 0 Å². The number of hydrazone groups is 1. The van der Waals surface area contributed by atoms with Crippen molar-refractivity contribution >= 4 is 29.5 Å². The van der Waals surface area contributed by atoms with Gasteiger partial charge in [-0.25, -0.2) is 4.79 Å². The van der Waals surface area contributed by atoms with Crippen molar-refractivity contribution in [2.75, 3.05) is 12.5 Å². The number of methoxy groups -OCH3 is 1. The highest BCUT2D eigenvalue weighted by Gasteiger charge is 2.06. The van der Waals surface area contributed by atoms with Crippen molar-refractivity contribution in [3.05, 3.63) is 58.6 Å². The van der Waals surface area contributed by atoms with Crippen LogP contribution in [0.2, 0.25) is 5.02 Å². The molecule has 0 aliphatic heterocycles. The number of hydrogen-bond donors (Lipinski definition) is 2. The number of aromatic carboxylic acids is 1. The standard InChI is InChI=1S/C15H13ClN2O3/c1-21-14-7-6-11(8-13(14)16)18-17-9-10-4-2-3-5-12(10)15(19)20/h2-9,18H,1H3,(H,19,20)/b17-9+. The first-order chi connectivity index (χ1) is 10.1. The maximum atomic E-state index is 11.1. The first-order valence-corrected chi connectivity index (χ1v) is 6.44. The number of benzene rings is 2. The van der Waals surface area contributed by atoms with Gasteiger partial charge in [0.1, 0.15) is 5.75 Å². The molecule has 2 N–H and O–H groups in total. The third-order valence-corrected chi connectivity index (χ3v) is 3.04. The van der Waals surface area contributed by atoms with Crippen molar-refractivity contribution in [2.45, 2.75) is 0 Å². The van der Waals surface area contributed by atoms with Gasteiger partial charge in [-0.3, -0.25) is 5.43 Å². The number of anilines is 1. The quantitative estimate of drug-likeness (QED) is 0.655. The Morgan fingerprint density at radius 1 is 1.33 bits per heavy atom. The molecule has 0 aliphatic rings. The van der Waals surface area contributed by atoms with E-state index in [1.165, 1.54) is 19.4 Å². The van der Waals surface area contributed by atoms with Gasteiger partial charge in [0, 0.05) is 5.56 Å². The topological polar surface area (TPSA) is 70.9 Å². The van der Waals surface area contributed by atoms with Crippen LogP contribution in [0.5, 0.6) is 5.75 Å². The first kappa shape index (κ1) is 14.9. The Balaban J connectivity index is 2.13. The van der Waals surface area contributed by atoms with E-state index in [0.717, 1.165) is 0 Å². The van der Waals surface area contributed by atoms with Crippen molar-refractivity contribution in [2.24, 2.45) is 5.10 Å². The van der Waals surface area contributed by atoms with E-state index in [0.29, 0.717) is 22.0 Å². The fraction of sp³-hybridized carbons (Fsp3) is 0.0667. The lowest BCUT2D eigenvalue weighted by molar-refractivity contribution is 0.0697. The van der Waals surface area contributed by atoms with Gasteiger partial charge in [0.25, 0.3) is 0 Å². The van der Waals surface area contributed by atoms with Gasteiger partial charge in [-0.05, 0) is 24.3 Å². The molecule has 0 amide bonds. The fourth-order valence-electron chi connectivity index (χ4n) is 1.72. The van der Waals surface area contributed by atoms with E-state index < -0.39 is 5.97 Å². The highest BCUT2D eigenvalue weighted by Crippen LogP contribution is 2.27. The first-order valence-electron chi connectivity index (χ1n) is 6.06. The van der Waals surface area contributed by atoms with Crippen LogP contribution in [0.15, 0.2) is 47.6 Å². The van der Waals surface area contributed by atoms with Crippen LogP contribution in [-0.4, -0.2) is 24.4 Å². The van der Waals surface area contributed by atoms with E-state index in [-0.39, 0.29) is 5.56 Å². The summed E-state index contributed by atoms with van der Waals surface area (Å²) in [6.07, 6.45) is 1.45. The largest absolute Gasteiger partial charge is 0.495 e. The summed E-state index contributed by atoms with van der Waals surface area (Å²) in [5.74, 6) is -0.424. The maximum Gasteiger partial charge on any atom is 0.336 e. The second-order valence-corrected chi connectivity index (χ2v) is 4.52. The molecule has 108 valence electrons. The lowest BCUT2D eigenvalue weighted by Crippen LogP contribution is -2.02. The fourth-order valence-corrected chi connectivity index (χ4v) is 1.97. The molecule has 21 heavy (non-hydrogen) atoms. The molecule has 2 aromatic carbocycles. The van der Waals surface area contributed by atoms with Gasteiger partial charge in [-0.1, -0.05) is 29.8 Å². The van der Waals surface area contributed by atoms with E-state index >= 15 is 0 Å². The van der Waals surface area contributed by atoms with Crippen molar-refractivity contribution in [3.8, 4) is 5.75 Å². The zero-order valence-corrected chi connectivity index (χ0v) is 12.0. The number of carbonyl (C=O) groups is 1. The molecular weight excluding hydrogens is 292 g/mol. The number of ether oxygens (including phenoxy) is 1. The van der Waals surface area contributed by atoms with Gasteiger partial charge in [-0.2, -0.15) is 5.10 Å². The van der Waals surface area contributed by atoms with Gasteiger partial charge in [0.15, 0.2) is 0 Å². The number of nitrogens with one attached hydrogen (secondary N) is 1. The van der Waals surface area contributed by atoms with E-state index in [4.69, 9.17) is 21.4 Å². The third-order valence-electron chi connectivity index (χ3n) is 2.74. The molecule has 0 radical (unpaired) electrons. The molecule has 0 bridgehead atoms. The lowest BCUT2D eigenvalue weighted by atomic mass is 10.1. The Morgan fingerprint density at radius 3 is 2.76 bits per heavy atom. The molecule has 6 heteroatoms. The molecule has 0 saturated carbocycles. The van der Waals surface area contributed by atoms with Crippen LogP contribution in [0.3, 0.4) is 0 Å². The summed E-state index contributed by atoms with van der Waals surface area (Å²) in [6, 6.07) is 11.7. The summed E-state index contributed by atoms with van der Waals surface area (Å²) in [5.41, 5.74) is 4.16. The van der Waals surface area contributed by atoms with Gasteiger partial charge in [0.05, 0.1) is 29.6 Å². The third kappa shape index (κ3) is 3.73. The summed E-state index contributed by atoms with van der Waals surface area (Å²) in [5, 5.41) is 13.5. The molecule has 0 heterocycles. The lowest BCUT2D eigenvalue weighted by Gasteiger charge is -2.05. The van der Waals surface area contributed by atoms with Crippen molar-refractivity contribution in [1.82, 2.24) is 0 Å². The Hall–Kier alpha value is -2.53. The van der Waals surface area contributed by atoms with Crippen LogP contribution >= 0.6 is 11.6 Å². The maximum absolute atomic E-state index is 11.1. The minimum atomic E-state index is -0.996. The Kier molecular flexibility index (Phi) is 4.79. The second kappa shape index (κ2) is 6.76. The van der Waals surface area contributed by atoms with E-state index in [9.17, 15) is 4.79 Å². The number of halogens is 1. The summed E-state index contributed by atoms with van der Waals surface area (Å²) in [6.45, 7) is 0. The molecule has 0 atom stereocenters. The van der Waals surface area contributed by atoms with Gasteiger partial charge in [-0.15, -0.1) is 0 Å². The zero-order chi connectivity index (χ0) is 15.2. The molecule has 0 saturated heterocycles. The predicted molar refractivity (Wildman–Crippen MR) is 82.6 cm³/mol. The van der Waals surface area contributed by atoms with Crippen LogP contribution in [0, 0.1) is 0 Å². The Labute approximate surface area is 126 Å². The summed E-state index contributed by atoms with van der Waals surface area (Å²) in [4.78, 5) is 11.1. The van der Waals surface area contributed by atoms with Crippen LogP contribution in [-0.2, 0) is 0 Å². The highest BCUT2D eigenvalue weighted by atomic mass is 35.5. The molecule has 0 fully saturated rings. The average molecular weight is 305 g/mol. The van der Waals surface area contributed by atoms with Crippen molar-refractivity contribution in [3.63, 3.8) is 0 Å². The van der Waals surface area contributed by atoms with Gasteiger partial charge >= 0.3 is 5.97 Å². The van der Waals surface area contributed by atoms with E-state index in [1.54, 1.807) is 36.4 Å². The van der Waals surface area contributed by atoms with E-state index in [1.807, 2.05) is 0 Å². The molecule has 2 aromatic rings. The van der Waals surface area contributed by atoms with Gasteiger partial charge in [0.2, 0.25) is 0 Å². The molecule has 0 aliphatic carbocycles. The Bertz CT molecular complexity index is 686. The Morgan fingerprint density at radius 2 is 2.10 bits per heavy atom. The molecule has 0 unspecified atom stereocenters. The molecule has 2 rings (SSSR count). The number of hydrogen-bond acceptors (Lipinski definition) is 4. The van der Waals surface area contributed by atoms with Gasteiger partial charge < -0.3 is 9.84 Å². The summed E-state index contributed by atoms with van der Waals surface area (Å²) < 4.78 is 5.05. The number of carboxylic acids is 1. The molecular formula is C15H13ClN2O3. The monoisotopic (exact) mass is 304 g/mol. The minimum absolute atomic E-state index is 0.191. The zero-order valence-electron chi connectivity index (χ0n) is 11.2. The SMILES string of the molecule is COc1ccc(N/N=C/c2ccccc2C(=O)O)cc1Cl. The van der Waals surface area contributed by atoms with Crippen LogP contribution in [0.4, 0.5) is 5.69 Å². The second-order valence-electron chi connectivity index (χ2n) is 4.11. The average Bonchev–Trinajstić information content (AvgIpc) is 2.48. The summed E-state index contributed by atoms with van der Waals surface area (Å²) >= 11 is 6.00. The summed E-state index contributed by atoms with van der Waals surface area (Å²) in [7, 11) is 1.54. The number of carboxylic acid groups (broad SMARTS) is 1. The van der Waals surface area contributed by atoms with Crippen LogP contribution in [0.1, 0.15) is 15.9 Å². The number of nitrogens with zero attached hydrogens (tertiary/aromatic N) is 1. The minimum Gasteiger partial charge on any atom is -0.495 e. The van der Waals surface area contributed by atoms with Crippen LogP contribution in [0.25, 0.3) is 0 Å². The molecule has 5 nitrogen and oxygen atoms in total. The highest BCUT2D eigenvalue weighted by molar-refractivity contribution is 6.32. The smallest absolute Gasteiger partial charge is 0.336 e. The molecule has 0 aromatic heterocycles. The van der Waals surface area contributed by atoms with Crippen molar-refractivity contribution < 1.29 is 14.6 Å². The number of rotatable bonds is 5. The molecule has 0 spiro atoms. The van der Waals surface area contributed by atoms with E-state index in [2.05, 4.69) is 10.5 Å².